The Labute approximate surface area is 165 Å². The van der Waals surface area contributed by atoms with Crippen molar-refractivity contribution in [1.29, 1.82) is 0 Å². The van der Waals surface area contributed by atoms with Crippen LogP contribution in [0.15, 0.2) is 65.7 Å². The molecule has 2 aromatic heterocycles. The predicted octanol–water partition coefficient (Wildman–Crippen LogP) is 4.73. The second kappa shape index (κ2) is 7.50. The maximum Gasteiger partial charge on any atom is 0.185 e. The predicted molar refractivity (Wildman–Crippen MR) is 107 cm³/mol. The molecule has 0 aliphatic heterocycles. The van der Waals surface area contributed by atoms with Crippen LogP contribution in [0, 0.1) is 6.92 Å². The molecule has 2 heterocycles. The van der Waals surface area contributed by atoms with E-state index in [1.165, 1.54) is 17.3 Å². The highest BCUT2D eigenvalue weighted by Gasteiger charge is 2.12. The highest BCUT2D eigenvalue weighted by molar-refractivity contribution is 7.99. The topological polar surface area (TPSA) is 60.2 Å². The van der Waals surface area contributed by atoms with Crippen molar-refractivity contribution < 1.29 is 4.79 Å². The van der Waals surface area contributed by atoms with Crippen LogP contribution in [0.3, 0.4) is 0 Å². The number of aromatic nitrogens is 4. The Balaban J connectivity index is 1.56. The number of rotatable bonds is 5. The Bertz CT molecular complexity index is 1110. The SMILES string of the molecule is Cc1ccc(-c2nnc3ccc(SCC(=O)c4ccc(Cl)cc4)nn23)cc1. The molecule has 0 saturated carbocycles. The Morgan fingerprint density at radius 3 is 2.48 bits per heavy atom. The maximum atomic E-state index is 12.3. The van der Waals surface area contributed by atoms with Crippen LogP contribution in [0.5, 0.6) is 0 Å². The third-order valence-corrected chi connectivity index (χ3v) is 5.24. The smallest absolute Gasteiger partial charge is 0.185 e. The number of fused-ring (bicyclic) bond motifs is 1. The quantitative estimate of drug-likeness (QED) is 0.362. The van der Waals surface area contributed by atoms with Crippen LogP contribution in [0.1, 0.15) is 15.9 Å². The van der Waals surface area contributed by atoms with Crippen LogP contribution in [-0.2, 0) is 0 Å². The van der Waals surface area contributed by atoms with E-state index in [2.05, 4.69) is 15.3 Å². The Morgan fingerprint density at radius 1 is 1.00 bits per heavy atom. The van der Waals surface area contributed by atoms with Gasteiger partial charge in [-0.3, -0.25) is 4.79 Å². The third kappa shape index (κ3) is 3.86. The van der Waals surface area contributed by atoms with Gasteiger partial charge < -0.3 is 0 Å². The van der Waals surface area contributed by atoms with E-state index in [9.17, 15) is 4.79 Å². The van der Waals surface area contributed by atoms with Crippen molar-refractivity contribution in [2.24, 2.45) is 0 Å². The van der Waals surface area contributed by atoms with Crippen molar-refractivity contribution in [3.05, 3.63) is 76.8 Å². The summed E-state index contributed by atoms with van der Waals surface area (Å²) in [6, 6.07) is 18.7. The molecule has 4 aromatic rings. The Morgan fingerprint density at radius 2 is 1.74 bits per heavy atom. The number of halogens is 1. The van der Waals surface area contributed by atoms with Crippen molar-refractivity contribution in [2.75, 3.05) is 5.75 Å². The standard InChI is InChI=1S/C20H15ClN4OS/c1-13-2-4-15(5-3-13)20-23-22-18-10-11-19(24-25(18)20)27-12-17(26)14-6-8-16(21)9-7-14/h2-11H,12H2,1H3. The average Bonchev–Trinajstić information content (AvgIpc) is 3.10. The van der Waals surface area contributed by atoms with Crippen molar-refractivity contribution in [1.82, 2.24) is 19.8 Å². The number of aryl methyl sites for hydroxylation is 1. The number of hydrogen-bond donors (Lipinski definition) is 0. The van der Waals surface area contributed by atoms with Gasteiger partial charge in [-0.05, 0) is 43.3 Å². The minimum Gasteiger partial charge on any atom is -0.293 e. The van der Waals surface area contributed by atoms with Crippen LogP contribution in [-0.4, -0.2) is 31.3 Å². The van der Waals surface area contributed by atoms with Crippen LogP contribution < -0.4 is 0 Å². The molecular formula is C20H15ClN4OS. The molecule has 5 nitrogen and oxygen atoms in total. The molecule has 0 amide bonds. The van der Waals surface area contributed by atoms with Crippen LogP contribution in [0.4, 0.5) is 0 Å². The maximum absolute atomic E-state index is 12.3. The first-order valence-corrected chi connectivity index (χ1v) is 9.67. The first-order chi connectivity index (χ1) is 13.1. The zero-order chi connectivity index (χ0) is 18.8. The average molecular weight is 395 g/mol. The monoisotopic (exact) mass is 394 g/mol. The summed E-state index contributed by atoms with van der Waals surface area (Å²) in [6.45, 7) is 2.04. The second-order valence-corrected chi connectivity index (χ2v) is 7.48. The van der Waals surface area contributed by atoms with Crippen LogP contribution >= 0.6 is 23.4 Å². The van der Waals surface area contributed by atoms with Gasteiger partial charge in [0.2, 0.25) is 0 Å². The normalized spacial score (nSPS) is 11.0. The number of carbonyl (C=O) groups is 1. The molecular weight excluding hydrogens is 380 g/mol. The lowest BCUT2D eigenvalue weighted by Gasteiger charge is -2.04. The van der Waals surface area contributed by atoms with Gasteiger partial charge in [0.05, 0.1) is 5.75 Å². The molecule has 0 radical (unpaired) electrons. The minimum absolute atomic E-state index is 0.0288. The van der Waals surface area contributed by atoms with Gasteiger partial charge in [0.1, 0.15) is 5.03 Å². The number of nitrogens with zero attached hydrogens (tertiary/aromatic N) is 4. The van der Waals surface area contributed by atoms with Crippen molar-refractivity contribution in [3.63, 3.8) is 0 Å². The molecule has 4 rings (SSSR count). The van der Waals surface area contributed by atoms with Crippen molar-refractivity contribution in [2.45, 2.75) is 11.9 Å². The summed E-state index contributed by atoms with van der Waals surface area (Å²) >= 11 is 7.25. The van der Waals surface area contributed by atoms with Gasteiger partial charge in [-0.2, -0.15) is 9.61 Å². The fourth-order valence-electron chi connectivity index (χ4n) is 2.59. The Hall–Kier alpha value is -2.70. The van der Waals surface area contributed by atoms with E-state index in [0.717, 1.165) is 10.6 Å². The lowest BCUT2D eigenvalue weighted by atomic mass is 10.1. The number of ketones is 1. The van der Waals surface area contributed by atoms with E-state index in [4.69, 9.17) is 11.6 Å². The fourth-order valence-corrected chi connectivity index (χ4v) is 3.47. The van der Waals surface area contributed by atoms with E-state index >= 15 is 0 Å². The number of Topliss-reactive ketones (excluding diaryl/α,β-unsaturated/α-hetero) is 1. The largest absolute Gasteiger partial charge is 0.293 e. The highest BCUT2D eigenvalue weighted by Crippen LogP contribution is 2.22. The van der Waals surface area contributed by atoms with Gasteiger partial charge in [0.15, 0.2) is 17.3 Å². The van der Waals surface area contributed by atoms with E-state index in [1.807, 2.05) is 43.3 Å². The summed E-state index contributed by atoms with van der Waals surface area (Å²) in [6.07, 6.45) is 0. The molecule has 0 saturated heterocycles. The third-order valence-electron chi connectivity index (χ3n) is 4.07. The van der Waals surface area contributed by atoms with Gasteiger partial charge in [0.25, 0.3) is 0 Å². The second-order valence-electron chi connectivity index (χ2n) is 6.05. The van der Waals surface area contributed by atoms with E-state index < -0.39 is 0 Å². The molecule has 0 aliphatic carbocycles. The number of carbonyl (C=O) groups excluding carboxylic acids is 1. The molecule has 0 spiro atoms. The molecule has 134 valence electrons. The number of thioether (sulfide) groups is 1. The van der Waals surface area contributed by atoms with Crippen molar-refractivity contribution in [3.8, 4) is 11.4 Å². The van der Waals surface area contributed by atoms with E-state index in [0.29, 0.717) is 27.8 Å². The molecule has 2 aromatic carbocycles. The van der Waals surface area contributed by atoms with E-state index in [-0.39, 0.29) is 5.78 Å². The molecule has 0 fully saturated rings. The molecule has 27 heavy (non-hydrogen) atoms. The van der Waals surface area contributed by atoms with Crippen LogP contribution in [0.25, 0.3) is 17.0 Å². The lowest BCUT2D eigenvalue weighted by Crippen LogP contribution is -2.03. The van der Waals surface area contributed by atoms with Gasteiger partial charge in [-0.1, -0.05) is 53.2 Å². The summed E-state index contributed by atoms with van der Waals surface area (Å²) in [5.41, 5.74) is 3.43. The summed E-state index contributed by atoms with van der Waals surface area (Å²) in [4.78, 5) is 12.3. The summed E-state index contributed by atoms with van der Waals surface area (Å²) in [7, 11) is 0. The minimum atomic E-state index is 0.0288. The molecule has 0 N–H and O–H groups in total. The zero-order valence-corrected chi connectivity index (χ0v) is 16.0. The molecule has 0 unspecified atom stereocenters. The van der Waals surface area contributed by atoms with Gasteiger partial charge in [-0.15, -0.1) is 10.2 Å². The van der Waals surface area contributed by atoms with Gasteiger partial charge >= 0.3 is 0 Å². The fraction of sp³-hybridized carbons (Fsp3) is 0.100. The first kappa shape index (κ1) is 17.7. The summed E-state index contributed by atoms with van der Waals surface area (Å²) in [5.74, 6) is 1.000. The molecule has 0 bridgehead atoms. The molecule has 7 heteroatoms. The molecule has 0 aliphatic rings. The molecule has 0 atom stereocenters. The highest BCUT2D eigenvalue weighted by atomic mass is 35.5. The van der Waals surface area contributed by atoms with Gasteiger partial charge in [0, 0.05) is 16.1 Å². The van der Waals surface area contributed by atoms with Gasteiger partial charge in [-0.25, -0.2) is 0 Å². The van der Waals surface area contributed by atoms with E-state index in [1.54, 1.807) is 28.8 Å². The summed E-state index contributed by atoms with van der Waals surface area (Å²) in [5, 5.41) is 14.4. The number of hydrogen-bond acceptors (Lipinski definition) is 5. The lowest BCUT2D eigenvalue weighted by molar-refractivity contribution is 0.102. The van der Waals surface area contributed by atoms with Crippen LogP contribution in [0.2, 0.25) is 5.02 Å². The zero-order valence-electron chi connectivity index (χ0n) is 14.5. The first-order valence-electron chi connectivity index (χ1n) is 8.31. The Kier molecular flexibility index (Phi) is 4.92. The summed E-state index contributed by atoms with van der Waals surface area (Å²) < 4.78 is 1.71. The number of benzene rings is 2. The van der Waals surface area contributed by atoms with Crippen molar-refractivity contribution >= 4 is 34.8 Å².